The van der Waals surface area contributed by atoms with Crippen molar-refractivity contribution in [3.8, 4) is 0 Å². The molecule has 0 aromatic heterocycles. The molecule has 2 atom stereocenters. The molecule has 0 saturated carbocycles. The number of halogens is 2. The van der Waals surface area contributed by atoms with Crippen LogP contribution >= 0.6 is 23.2 Å². The Morgan fingerprint density at radius 1 is 1.11 bits per heavy atom. The summed E-state index contributed by atoms with van der Waals surface area (Å²) < 4.78 is 0. The van der Waals surface area contributed by atoms with Gasteiger partial charge in [0.05, 0.1) is 5.38 Å². The molecular weight excluding hydrogens is 155 g/mol. The molecule has 0 aliphatic carbocycles. The lowest BCUT2D eigenvalue weighted by Gasteiger charge is -2.26. The average molecular weight is 169 g/mol. The maximum absolute atomic E-state index is 5.96. The van der Waals surface area contributed by atoms with Crippen LogP contribution in [0.5, 0.6) is 0 Å². The van der Waals surface area contributed by atoms with Gasteiger partial charge in [-0.15, -0.1) is 23.2 Å². The number of alkyl halides is 2. The van der Waals surface area contributed by atoms with Crippen LogP contribution in [0, 0.1) is 5.41 Å². The van der Waals surface area contributed by atoms with Gasteiger partial charge in [0.1, 0.15) is 0 Å². The SMILES string of the molecule is C[C@H](Cl)[C@@H](Cl)C(C)(C)C. The van der Waals surface area contributed by atoms with Gasteiger partial charge in [-0.25, -0.2) is 0 Å². The summed E-state index contributed by atoms with van der Waals surface area (Å²) in [6.07, 6.45) is 0. The summed E-state index contributed by atoms with van der Waals surface area (Å²) in [6, 6.07) is 0. The van der Waals surface area contributed by atoms with Crippen molar-refractivity contribution in [1.82, 2.24) is 0 Å². The van der Waals surface area contributed by atoms with E-state index >= 15 is 0 Å². The normalized spacial score (nSPS) is 19.3. The lowest BCUT2D eigenvalue weighted by atomic mass is 9.90. The van der Waals surface area contributed by atoms with Gasteiger partial charge in [0, 0.05) is 5.38 Å². The van der Waals surface area contributed by atoms with Crippen LogP contribution in [-0.4, -0.2) is 10.8 Å². The predicted octanol–water partition coefficient (Wildman–Crippen LogP) is 3.27. The van der Waals surface area contributed by atoms with Crippen LogP contribution in [0.1, 0.15) is 27.7 Å². The maximum atomic E-state index is 5.96. The highest BCUT2D eigenvalue weighted by Gasteiger charge is 2.25. The molecule has 0 spiro atoms. The molecule has 0 rings (SSSR count). The van der Waals surface area contributed by atoms with E-state index in [2.05, 4.69) is 20.8 Å². The summed E-state index contributed by atoms with van der Waals surface area (Å²) in [5, 5.41) is 0.103. The van der Waals surface area contributed by atoms with E-state index < -0.39 is 0 Å². The molecule has 0 radical (unpaired) electrons. The van der Waals surface area contributed by atoms with E-state index in [1.54, 1.807) is 0 Å². The summed E-state index contributed by atoms with van der Waals surface area (Å²) in [5.41, 5.74) is 0.114. The van der Waals surface area contributed by atoms with Gasteiger partial charge >= 0.3 is 0 Å². The van der Waals surface area contributed by atoms with Gasteiger partial charge in [0.15, 0.2) is 0 Å². The molecule has 56 valence electrons. The van der Waals surface area contributed by atoms with Gasteiger partial charge in [-0.05, 0) is 12.3 Å². The fraction of sp³-hybridized carbons (Fsp3) is 1.00. The van der Waals surface area contributed by atoms with Gasteiger partial charge in [0.25, 0.3) is 0 Å². The van der Waals surface area contributed by atoms with Gasteiger partial charge in [0.2, 0.25) is 0 Å². The molecule has 0 unspecified atom stereocenters. The second-order valence-corrected chi connectivity index (χ2v) is 4.60. The van der Waals surface area contributed by atoms with E-state index in [1.807, 2.05) is 6.92 Å². The van der Waals surface area contributed by atoms with Gasteiger partial charge < -0.3 is 0 Å². The second-order valence-electron chi connectivity index (χ2n) is 3.45. The lowest BCUT2D eigenvalue weighted by molar-refractivity contribution is 0.384. The lowest BCUT2D eigenvalue weighted by Crippen LogP contribution is -2.27. The average Bonchev–Trinajstić information content (AvgIpc) is 1.62. The van der Waals surface area contributed by atoms with Crippen LogP contribution < -0.4 is 0 Å². The Hall–Kier alpha value is 0.580. The van der Waals surface area contributed by atoms with E-state index in [-0.39, 0.29) is 16.2 Å². The molecule has 0 N–H and O–H groups in total. The molecule has 0 aromatic rings. The van der Waals surface area contributed by atoms with Crippen molar-refractivity contribution in [2.24, 2.45) is 5.41 Å². The van der Waals surface area contributed by atoms with Crippen LogP contribution in [0.4, 0.5) is 0 Å². The smallest absolute Gasteiger partial charge is 0.0545 e. The topological polar surface area (TPSA) is 0 Å². The quantitative estimate of drug-likeness (QED) is 0.528. The van der Waals surface area contributed by atoms with Gasteiger partial charge in [-0.2, -0.15) is 0 Å². The Kier molecular flexibility index (Phi) is 3.32. The van der Waals surface area contributed by atoms with Crippen molar-refractivity contribution in [3.05, 3.63) is 0 Å². The van der Waals surface area contributed by atoms with Crippen molar-refractivity contribution >= 4 is 23.2 Å². The molecule has 2 heteroatoms. The zero-order valence-electron chi connectivity index (χ0n) is 6.41. The Bertz CT molecular complexity index is 81.4. The van der Waals surface area contributed by atoms with Crippen molar-refractivity contribution in [2.75, 3.05) is 0 Å². The van der Waals surface area contributed by atoms with Gasteiger partial charge in [-0.1, -0.05) is 20.8 Å². The summed E-state index contributed by atoms with van der Waals surface area (Å²) in [5.74, 6) is 0. The first-order chi connectivity index (χ1) is 3.85. The van der Waals surface area contributed by atoms with Crippen molar-refractivity contribution < 1.29 is 0 Å². The highest BCUT2D eigenvalue weighted by atomic mass is 35.5. The molecule has 0 amide bonds. The number of hydrogen-bond donors (Lipinski definition) is 0. The van der Waals surface area contributed by atoms with Gasteiger partial charge in [-0.3, -0.25) is 0 Å². The van der Waals surface area contributed by atoms with Crippen LogP contribution in [0.2, 0.25) is 0 Å². The number of hydrogen-bond acceptors (Lipinski definition) is 0. The first-order valence-electron chi connectivity index (χ1n) is 3.14. The molecule has 0 fully saturated rings. The maximum Gasteiger partial charge on any atom is 0.0545 e. The summed E-state index contributed by atoms with van der Waals surface area (Å²) in [6.45, 7) is 8.18. The third-order valence-corrected chi connectivity index (χ3v) is 2.64. The van der Waals surface area contributed by atoms with E-state index in [9.17, 15) is 0 Å². The first kappa shape index (κ1) is 9.58. The Balaban J connectivity index is 3.88. The minimum Gasteiger partial charge on any atom is -0.122 e. The van der Waals surface area contributed by atoms with E-state index in [0.717, 1.165) is 0 Å². The summed E-state index contributed by atoms with van der Waals surface area (Å²) in [4.78, 5) is 0. The highest BCUT2D eigenvalue weighted by Crippen LogP contribution is 2.29. The minimum atomic E-state index is 0.0478. The third kappa shape index (κ3) is 3.32. The molecule has 0 nitrogen and oxygen atoms in total. The standard InChI is InChI=1S/C7H14Cl2/c1-5(8)6(9)7(2,3)4/h5-6H,1-4H3/t5-,6+/m0/s1. The fourth-order valence-corrected chi connectivity index (χ4v) is 1.07. The van der Waals surface area contributed by atoms with Crippen LogP contribution in [-0.2, 0) is 0 Å². The van der Waals surface area contributed by atoms with Crippen molar-refractivity contribution in [1.29, 1.82) is 0 Å². The largest absolute Gasteiger partial charge is 0.122 e. The molecule has 0 saturated heterocycles. The fourth-order valence-electron chi connectivity index (χ4n) is 0.689. The Morgan fingerprint density at radius 3 is 1.44 bits per heavy atom. The zero-order valence-corrected chi connectivity index (χ0v) is 7.92. The molecule has 0 aromatic carbocycles. The van der Waals surface area contributed by atoms with E-state index in [1.165, 1.54) is 0 Å². The van der Waals surface area contributed by atoms with E-state index in [0.29, 0.717) is 0 Å². The minimum absolute atomic E-state index is 0.0478. The van der Waals surface area contributed by atoms with Crippen molar-refractivity contribution in [2.45, 2.75) is 38.4 Å². The highest BCUT2D eigenvalue weighted by molar-refractivity contribution is 6.30. The number of rotatable bonds is 1. The first-order valence-corrected chi connectivity index (χ1v) is 4.01. The molecular formula is C7H14Cl2. The van der Waals surface area contributed by atoms with Crippen molar-refractivity contribution in [3.63, 3.8) is 0 Å². The molecule has 9 heavy (non-hydrogen) atoms. The molecule has 0 aliphatic rings. The predicted molar refractivity (Wildman–Crippen MR) is 44.4 cm³/mol. The van der Waals surface area contributed by atoms with E-state index in [4.69, 9.17) is 23.2 Å². The second kappa shape index (κ2) is 3.12. The Morgan fingerprint density at radius 2 is 1.44 bits per heavy atom. The monoisotopic (exact) mass is 168 g/mol. The Labute approximate surface area is 67.5 Å². The van der Waals surface area contributed by atoms with Crippen LogP contribution in [0.3, 0.4) is 0 Å². The molecule has 0 aliphatic heterocycles. The summed E-state index contributed by atoms with van der Waals surface area (Å²) >= 11 is 11.7. The zero-order chi connectivity index (χ0) is 7.65. The molecule has 0 heterocycles. The molecule has 0 bridgehead atoms. The summed E-state index contributed by atoms with van der Waals surface area (Å²) in [7, 11) is 0. The third-order valence-electron chi connectivity index (χ3n) is 1.23. The van der Waals surface area contributed by atoms with Crippen LogP contribution in [0.15, 0.2) is 0 Å². The van der Waals surface area contributed by atoms with Crippen LogP contribution in [0.25, 0.3) is 0 Å².